The van der Waals surface area contributed by atoms with Crippen molar-refractivity contribution < 1.29 is 39.5 Å². The lowest BCUT2D eigenvalue weighted by atomic mass is 9.88. The summed E-state index contributed by atoms with van der Waals surface area (Å²) in [5, 5.41) is 41.2. The molecule has 0 amide bonds. The smallest absolute Gasteiger partial charge is 0.305 e. The van der Waals surface area contributed by atoms with E-state index >= 15 is 0 Å². The molecule has 0 aromatic rings. The zero-order valence-electron chi connectivity index (χ0n) is 33.8. The lowest BCUT2D eigenvalue weighted by Crippen LogP contribution is -2.25. The van der Waals surface area contributed by atoms with Crippen LogP contribution in [0.3, 0.4) is 0 Å². The Hall–Kier alpha value is -1.48. The molecule has 1 aliphatic carbocycles. The number of hydrogen-bond acceptors (Lipinski definition) is 8. The van der Waals surface area contributed by atoms with Gasteiger partial charge in [-0.2, -0.15) is 0 Å². The lowest BCUT2D eigenvalue weighted by Gasteiger charge is -2.21. The topological polar surface area (TPSA) is 134 Å². The number of unbranched alkanes of at least 4 members (excludes halogenated alkanes) is 18. The molecule has 0 aromatic carbocycles. The highest BCUT2D eigenvalue weighted by atomic mass is 16.6. The molecule has 1 saturated carbocycles. The first-order valence-electron chi connectivity index (χ1n) is 21.9. The number of carbonyl (C=O) groups is 2. The molecule has 52 heavy (non-hydrogen) atoms. The van der Waals surface area contributed by atoms with Gasteiger partial charge in [-0.1, -0.05) is 168 Å². The lowest BCUT2D eigenvalue weighted by molar-refractivity contribution is -0.152. The highest BCUT2D eigenvalue weighted by molar-refractivity contribution is 5.69. The molecule has 1 aliphatic rings. The summed E-state index contributed by atoms with van der Waals surface area (Å²) in [4.78, 5) is 24.2. The second kappa shape index (κ2) is 32.9. The molecule has 1 rings (SSSR count). The van der Waals surface area contributed by atoms with Gasteiger partial charge in [0.2, 0.25) is 0 Å². The quantitative estimate of drug-likeness (QED) is 0.0287. The van der Waals surface area contributed by atoms with Crippen molar-refractivity contribution in [2.24, 2.45) is 17.8 Å². The van der Waals surface area contributed by atoms with Gasteiger partial charge in [-0.15, -0.1) is 0 Å². The zero-order valence-corrected chi connectivity index (χ0v) is 33.8. The third kappa shape index (κ3) is 26.3. The van der Waals surface area contributed by atoms with Gasteiger partial charge in [-0.25, -0.2) is 0 Å². The Morgan fingerprint density at radius 3 is 1.60 bits per heavy atom. The average Bonchev–Trinajstić information content (AvgIpc) is 3.40. The predicted molar refractivity (Wildman–Crippen MR) is 212 cm³/mol. The molecule has 0 heterocycles. The van der Waals surface area contributed by atoms with Gasteiger partial charge in [0, 0.05) is 25.2 Å². The van der Waals surface area contributed by atoms with E-state index in [2.05, 4.69) is 20.8 Å². The molecule has 0 aliphatic heterocycles. The number of aliphatic hydroxyl groups is 4. The SMILES string of the molecule is CCCCC[C@H](O)/C=C/[C@@H]1[C@@H](CCCCCCC(=O)OC[C@@H](O)COC(=O)CCCCCCCCCCCCCCCCC(C)CC)[C@@H](O)C[C@H]1O. The van der Waals surface area contributed by atoms with Crippen molar-refractivity contribution in [2.75, 3.05) is 13.2 Å². The molecule has 0 spiro atoms. The summed E-state index contributed by atoms with van der Waals surface area (Å²) >= 11 is 0. The van der Waals surface area contributed by atoms with E-state index in [9.17, 15) is 30.0 Å². The minimum absolute atomic E-state index is 0.0297. The Kier molecular flexibility index (Phi) is 30.7. The van der Waals surface area contributed by atoms with Gasteiger partial charge in [0.1, 0.15) is 19.3 Å². The highest BCUT2D eigenvalue weighted by Gasteiger charge is 2.39. The van der Waals surface area contributed by atoms with Crippen molar-refractivity contribution in [1.82, 2.24) is 0 Å². The Morgan fingerprint density at radius 2 is 1.10 bits per heavy atom. The Morgan fingerprint density at radius 1 is 0.635 bits per heavy atom. The Labute approximate surface area is 318 Å². The predicted octanol–water partition coefficient (Wildman–Crippen LogP) is 9.92. The number of ether oxygens (including phenoxy) is 2. The van der Waals surface area contributed by atoms with E-state index in [1.165, 1.54) is 83.5 Å². The molecular weight excluding hydrogens is 656 g/mol. The van der Waals surface area contributed by atoms with Gasteiger partial charge in [0.25, 0.3) is 0 Å². The van der Waals surface area contributed by atoms with Crippen molar-refractivity contribution >= 4 is 11.9 Å². The van der Waals surface area contributed by atoms with Crippen molar-refractivity contribution in [1.29, 1.82) is 0 Å². The summed E-state index contributed by atoms with van der Waals surface area (Å²) in [7, 11) is 0. The number of hydrogen-bond donors (Lipinski definition) is 4. The van der Waals surface area contributed by atoms with Crippen LogP contribution in [0, 0.1) is 17.8 Å². The fraction of sp³-hybridized carbons (Fsp3) is 0.909. The minimum atomic E-state index is -1.03. The molecule has 0 bridgehead atoms. The summed E-state index contributed by atoms with van der Waals surface area (Å²) in [5.41, 5.74) is 0. The Balaban J connectivity index is 1.96. The van der Waals surface area contributed by atoms with Gasteiger partial charge in [-0.05, 0) is 37.5 Å². The van der Waals surface area contributed by atoms with Gasteiger partial charge in [-0.3, -0.25) is 9.59 Å². The Bertz CT molecular complexity index is 878. The highest BCUT2D eigenvalue weighted by Crippen LogP contribution is 2.37. The van der Waals surface area contributed by atoms with Crippen LogP contribution in [0.15, 0.2) is 12.2 Å². The maximum Gasteiger partial charge on any atom is 0.305 e. The first-order valence-corrected chi connectivity index (χ1v) is 21.9. The fourth-order valence-electron chi connectivity index (χ4n) is 7.39. The molecule has 8 nitrogen and oxygen atoms in total. The third-order valence-corrected chi connectivity index (χ3v) is 11.1. The summed E-state index contributed by atoms with van der Waals surface area (Å²) in [6.45, 7) is 6.43. The maximum atomic E-state index is 12.1. The second-order valence-electron chi connectivity index (χ2n) is 16.0. The summed E-state index contributed by atoms with van der Waals surface area (Å²) in [6, 6.07) is 0. The minimum Gasteiger partial charge on any atom is -0.463 e. The van der Waals surface area contributed by atoms with Crippen molar-refractivity contribution in [3.05, 3.63) is 12.2 Å². The summed E-state index contributed by atoms with van der Waals surface area (Å²) in [6.07, 6.45) is 30.5. The molecule has 306 valence electrons. The molecule has 7 atom stereocenters. The van der Waals surface area contributed by atoms with E-state index in [-0.39, 0.29) is 43.4 Å². The van der Waals surface area contributed by atoms with Crippen LogP contribution in [0.4, 0.5) is 0 Å². The molecule has 1 fully saturated rings. The largest absolute Gasteiger partial charge is 0.463 e. The molecule has 0 aromatic heterocycles. The number of esters is 2. The first-order chi connectivity index (χ1) is 25.2. The monoisotopic (exact) mass is 739 g/mol. The van der Waals surface area contributed by atoms with Crippen LogP contribution >= 0.6 is 0 Å². The second-order valence-corrected chi connectivity index (χ2v) is 16.0. The average molecular weight is 739 g/mol. The van der Waals surface area contributed by atoms with E-state index in [4.69, 9.17) is 9.47 Å². The zero-order chi connectivity index (χ0) is 38.2. The molecule has 0 saturated heterocycles. The number of carbonyl (C=O) groups excluding carboxylic acids is 2. The summed E-state index contributed by atoms with van der Waals surface area (Å²) < 4.78 is 10.3. The molecular formula is C44H82O8. The summed E-state index contributed by atoms with van der Waals surface area (Å²) in [5.74, 6) is 0.0213. The van der Waals surface area contributed by atoms with E-state index in [0.717, 1.165) is 70.1 Å². The standard InChI is InChI=1S/C44H82O8/c1-4-6-21-27-37(45)31-32-40-39(41(47)33-42(40)48)28-23-19-20-25-30-44(50)52-35-38(46)34-51-43(49)29-24-18-16-14-12-10-8-7-9-11-13-15-17-22-26-36(3)5-2/h31-32,36-42,45-48H,4-30,33-35H2,1-3H3/b32-31+/t36?,37-,38-,39+,40+,41-,42+/m0/s1. The van der Waals surface area contributed by atoms with Crippen LogP contribution in [0.1, 0.15) is 201 Å². The van der Waals surface area contributed by atoms with Gasteiger partial charge in [0.15, 0.2) is 0 Å². The first kappa shape index (κ1) is 48.5. The molecule has 8 heteroatoms. The van der Waals surface area contributed by atoms with Crippen molar-refractivity contribution in [3.63, 3.8) is 0 Å². The van der Waals surface area contributed by atoms with Crippen LogP contribution in [0.25, 0.3) is 0 Å². The van der Waals surface area contributed by atoms with Crippen molar-refractivity contribution in [3.8, 4) is 0 Å². The normalized spacial score (nSPS) is 20.7. The molecule has 1 unspecified atom stereocenters. The van der Waals surface area contributed by atoms with Crippen LogP contribution in [0.5, 0.6) is 0 Å². The van der Waals surface area contributed by atoms with Gasteiger partial charge < -0.3 is 29.9 Å². The molecule has 4 N–H and O–H groups in total. The van der Waals surface area contributed by atoms with Crippen LogP contribution in [-0.4, -0.2) is 70.0 Å². The van der Waals surface area contributed by atoms with Crippen LogP contribution in [0.2, 0.25) is 0 Å². The van der Waals surface area contributed by atoms with Crippen LogP contribution in [-0.2, 0) is 19.1 Å². The maximum absolute atomic E-state index is 12.1. The fourth-order valence-corrected chi connectivity index (χ4v) is 7.39. The third-order valence-electron chi connectivity index (χ3n) is 11.1. The van der Waals surface area contributed by atoms with Gasteiger partial charge >= 0.3 is 11.9 Å². The van der Waals surface area contributed by atoms with Crippen molar-refractivity contribution in [2.45, 2.75) is 225 Å². The van der Waals surface area contributed by atoms with E-state index in [1.54, 1.807) is 6.08 Å². The van der Waals surface area contributed by atoms with E-state index in [1.807, 2.05) is 6.08 Å². The number of rotatable bonds is 35. The van der Waals surface area contributed by atoms with Gasteiger partial charge in [0.05, 0.1) is 18.3 Å². The number of aliphatic hydroxyl groups excluding tert-OH is 4. The van der Waals surface area contributed by atoms with E-state index in [0.29, 0.717) is 25.7 Å². The molecule has 0 radical (unpaired) electrons. The van der Waals surface area contributed by atoms with E-state index < -0.39 is 24.4 Å². The van der Waals surface area contributed by atoms with Crippen LogP contribution < -0.4 is 0 Å².